The van der Waals surface area contributed by atoms with Crippen molar-refractivity contribution in [1.82, 2.24) is 15.1 Å². The Labute approximate surface area is 124 Å². The predicted octanol–water partition coefficient (Wildman–Crippen LogP) is 2.12. The lowest BCUT2D eigenvalue weighted by molar-refractivity contribution is 0.0566. The Kier molecular flexibility index (Phi) is 4.75. The molecule has 2 aromatic rings. The molecule has 114 valence electrons. The average Bonchev–Trinajstić information content (AvgIpc) is 2.79. The monoisotopic (exact) mass is 291 g/mol. The molecule has 0 saturated heterocycles. The molecule has 0 fully saturated rings. The lowest BCUT2D eigenvalue weighted by Crippen LogP contribution is -2.35. The molecule has 2 rings (SSSR count). The number of aryl methyl sites for hydroxylation is 2. The van der Waals surface area contributed by atoms with Gasteiger partial charge in [0.15, 0.2) is 0 Å². The zero-order valence-electron chi connectivity index (χ0n) is 12.7. The molecule has 1 aromatic carbocycles. The van der Waals surface area contributed by atoms with Crippen LogP contribution in [0.3, 0.4) is 0 Å². The summed E-state index contributed by atoms with van der Waals surface area (Å²) in [6.45, 7) is 4.82. The highest BCUT2D eigenvalue weighted by Gasteiger charge is 2.22. The van der Waals surface area contributed by atoms with Crippen molar-refractivity contribution in [2.75, 3.05) is 6.54 Å². The molecule has 2 N–H and O–H groups in total. The summed E-state index contributed by atoms with van der Waals surface area (Å²) in [5.41, 5.74) is 1.85. The molecular formula is C16H22FN3O. The molecule has 1 aromatic heterocycles. The highest BCUT2D eigenvalue weighted by Crippen LogP contribution is 2.20. The van der Waals surface area contributed by atoms with Crippen LogP contribution in [0.1, 0.15) is 30.7 Å². The number of aromatic nitrogens is 2. The minimum atomic E-state index is -1.04. The first-order valence-corrected chi connectivity index (χ1v) is 7.13. The normalized spacial score (nSPS) is 14.1. The van der Waals surface area contributed by atoms with E-state index in [0.29, 0.717) is 18.7 Å². The Morgan fingerprint density at radius 1 is 1.33 bits per heavy atom. The number of hydrogen-bond acceptors (Lipinski definition) is 3. The van der Waals surface area contributed by atoms with Crippen molar-refractivity contribution >= 4 is 0 Å². The van der Waals surface area contributed by atoms with E-state index in [1.165, 1.54) is 12.1 Å². The molecule has 1 unspecified atom stereocenters. The summed E-state index contributed by atoms with van der Waals surface area (Å²) in [6.07, 6.45) is 2.87. The van der Waals surface area contributed by atoms with Crippen LogP contribution in [-0.4, -0.2) is 21.4 Å². The van der Waals surface area contributed by atoms with Gasteiger partial charge in [0.1, 0.15) is 5.82 Å². The van der Waals surface area contributed by atoms with E-state index in [1.54, 1.807) is 23.7 Å². The number of rotatable bonds is 6. The summed E-state index contributed by atoms with van der Waals surface area (Å²) in [5.74, 6) is -0.301. The molecule has 0 spiro atoms. The van der Waals surface area contributed by atoms with Gasteiger partial charge in [-0.2, -0.15) is 5.10 Å². The Balaban J connectivity index is 1.97. The van der Waals surface area contributed by atoms with Gasteiger partial charge in [0, 0.05) is 31.9 Å². The molecule has 0 bridgehead atoms. The van der Waals surface area contributed by atoms with E-state index in [1.807, 2.05) is 13.2 Å². The Bertz CT molecular complexity index is 590. The van der Waals surface area contributed by atoms with Crippen molar-refractivity contribution in [3.05, 3.63) is 53.1 Å². The maximum absolute atomic E-state index is 12.9. The van der Waals surface area contributed by atoms with Crippen LogP contribution in [0.2, 0.25) is 0 Å². The van der Waals surface area contributed by atoms with Crippen molar-refractivity contribution in [3.8, 4) is 0 Å². The van der Waals surface area contributed by atoms with E-state index >= 15 is 0 Å². The van der Waals surface area contributed by atoms with E-state index in [4.69, 9.17) is 0 Å². The van der Waals surface area contributed by atoms with Gasteiger partial charge < -0.3 is 10.4 Å². The average molecular weight is 291 g/mol. The van der Waals surface area contributed by atoms with Gasteiger partial charge in [0.25, 0.3) is 0 Å². The summed E-state index contributed by atoms with van der Waals surface area (Å²) in [6, 6.07) is 5.94. The van der Waals surface area contributed by atoms with Crippen molar-refractivity contribution < 1.29 is 9.50 Å². The van der Waals surface area contributed by atoms with Crippen LogP contribution < -0.4 is 5.32 Å². The van der Waals surface area contributed by atoms with Crippen LogP contribution >= 0.6 is 0 Å². The summed E-state index contributed by atoms with van der Waals surface area (Å²) in [7, 11) is 1.90. The van der Waals surface area contributed by atoms with Crippen LogP contribution in [-0.2, 0) is 25.6 Å². The van der Waals surface area contributed by atoms with Gasteiger partial charge in [-0.15, -0.1) is 0 Å². The third kappa shape index (κ3) is 3.89. The van der Waals surface area contributed by atoms with Crippen LogP contribution in [0.4, 0.5) is 4.39 Å². The zero-order valence-corrected chi connectivity index (χ0v) is 12.7. The molecule has 0 aliphatic carbocycles. The fraction of sp³-hybridized carbons (Fsp3) is 0.438. The van der Waals surface area contributed by atoms with Gasteiger partial charge in [-0.05, 0) is 31.0 Å². The predicted molar refractivity (Wildman–Crippen MR) is 80.3 cm³/mol. The van der Waals surface area contributed by atoms with Gasteiger partial charge in [0.2, 0.25) is 0 Å². The SMILES string of the molecule is CCc1nn(C)cc1CNCC(C)(O)c1ccc(F)cc1. The second-order valence-corrected chi connectivity index (χ2v) is 5.51. The summed E-state index contributed by atoms with van der Waals surface area (Å²) in [5, 5.41) is 18.1. The van der Waals surface area contributed by atoms with Crippen molar-refractivity contribution in [2.45, 2.75) is 32.4 Å². The van der Waals surface area contributed by atoms with Gasteiger partial charge in [0.05, 0.1) is 11.3 Å². The number of nitrogens with zero attached hydrogens (tertiary/aromatic N) is 2. The third-order valence-electron chi connectivity index (χ3n) is 3.58. The smallest absolute Gasteiger partial charge is 0.123 e. The molecule has 0 radical (unpaired) electrons. The second-order valence-electron chi connectivity index (χ2n) is 5.51. The Hall–Kier alpha value is -1.72. The fourth-order valence-electron chi connectivity index (χ4n) is 2.38. The van der Waals surface area contributed by atoms with Gasteiger partial charge in [-0.1, -0.05) is 19.1 Å². The summed E-state index contributed by atoms with van der Waals surface area (Å²) in [4.78, 5) is 0. The Morgan fingerprint density at radius 2 is 2.00 bits per heavy atom. The molecule has 5 heteroatoms. The van der Waals surface area contributed by atoms with E-state index in [9.17, 15) is 9.50 Å². The third-order valence-corrected chi connectivity index (χ3v) is 3.58. The fourth-order valence-corrected chi connectivity index (χ4v) is 2.38. The van der Waals surface area contributed by atoms with Crippen LogP contribution in [0.5, 0.6) is 0 Å². The molecule has 0 amide bonds. The molecular weight excluding hydrogens is 269 g/mol. The molecule has 1 atom stereocenters. The number of halogens is 1. The minimum absolute atomic E-state index is 0.301. The molecule has 21 heavy (non-hydrogen) atoms. The number of aliphatic hydroxyl groups is 1. The van der Waals surface area contributed by atoms with Gasteiger partial charge >= 0.3 is 0 Å². The maximum atomic E-state index is 12.9. The van der Waals surface area contributed by atoms with Gasteiger partial charge in [-0.3, -0.25) is 4.68 Å². The minimum Gasteiger partial charge on any atom is -0.384 e. The number of nitrogens with one attached hydrogen (secondary N) is 1. The second kappa shape index (κ2) is 6.37. The van der Waals surface area contributed by atoms with E-state index < -0.39 is 5.60 Å². The molecule has 1 heterocycles. The topological polar surface area (TPSA) is 50.1 Å². The quantitative estimate of drug-likeness (QED) is 0.857. The highest BCUT2D eigenvalue weighted by atomic mass is 19.1. The summed E-state index contributed by atoms with van der Waals surface area (Å²) >= 11 is 0. The van der Waals surface area contributed by atoms with Crippen molar-refractivity contribution in [3.63, 3.8) is 0 Å². The van der Waals surface area contributed by atoms with E-state index in [2.05, 4.69) is 17.3 Å². The Morgan fingerprint density at radius 3 is 2.62 bits per heavy atom. The highest BCUT2D eigenvalue weighted by molar-refractivity contribution is 5.23. The van der Waals surface area contributed by atoms with Crippen molar-refractivity contribution in [2.24, 2.45) is 7.05 Å². The lowest BCUT2D eigenvalue weighted by atomic mass is 9.96. The van der Waals surface area contributed by atoms with Crippen LogP contribution in [0.25, 0.3) is 0 Å². The first-order chi connectivity index (χ1) is 9.92. The number of hydrogen-bond donors (Lipinski definition) is 2. The van der Waals surface area contributed by atoms with Gasteiger partial charge in [-0.25, -0.2) is 4.39 Å². The molecule has 0 saturated carbocycles. The molecule has 0 aliphatic rings. The largest absolute Gasteiger partial charge is 0.384 e. The maximum Gasteiger partial charge on any atom is 0.123 e. The van der Waals surface area contributed by atoms with E-state index in [-0.39, 0.29) is 5.82 Å². The van der Waals surface area contributed by atoms with E-state index in [0.717, 1.165) is 17.7 Å². The van der Waals surface area contributed by atoms with Crippen LogP contribution in [0, 0.1) is 5.82 Å². The first-order valence-electron chi connectivity index (χ1n) is 7.13. The lowest BCUT2D eigenvalue weighted by Gasteiger charge is -2.24. The van der Waals surface area contributed by atoms with Crippen molar-refractivity contribution in [1.29, 1.82) is 0 Å². The first kappa shape index (κ1) is 15.7. The zero-order chi connectivity index (χ0) is 15.5. The molecule has 4 nitrogen and oxygen atoms in total. The van der Waals surface area contributed by atoms with Crippen LogP contribution in [0.15, 0.2) is 30.5 Å². The summed E-state index contributed by atoms with van der Waals surface area (Å²) < 4.78 is 14.7. The molecule has 0 aliphatic heterocycles. The standard InChI is InChI=1S/C16H22FN3O/c1-4-15-12(10-20(3)19-15)9-18-11-16(2,21)13-5-7-14(17)8-6-13/h5-8,10,18,21H,4,9,11H2,1-3H3. The number of benzene rings is 1.